The van der Waals surface area contributed by atoms with Gasteiger partial charge in [0.1, 0.15) is 5.78 Å². The lowest BCUT2D eigenvalue weighted by atomic mass is 9.87. The molecule has 0 unspecified atom stereocenters. The normalized spacial score (nSPS) is 16.5. The van der Waals surface area contributed by atoms with Crippen LogP contribution in [0.1, 0.15) is 80.3 Å². The average molecular weight is 721 g/mol. The number of rotatable bonds is 11. The summed E-state index contributed by atoms with van der Waals surface area (Å²) in [6.07, 6.45) is -12.9. The second kappa shape index (κ2) is 15.1. The van der Waals surface area contributed by atoms with Gasteiger partial charge in [0.05, 0.1) is 54.0 Å². The number of carbonyl (C=O) groups is 2. The molecular formula is C33H33F9N4O4. The van der Waals surface area contributed by atoms with E-state index in [1.165, 1.54) is 29.1 Å². The van der Waals surface area contributed by atoms with Gasteiger partial charge in [-0.2, -0.15) is 39.5 Å². The molecule has 0 radical (unpaired) electrons. The molecule has 1 aliphatic rings. The van der Waals surface area contributed by atoms with Crippen LogP contribution in [0.15, 0.2) is 48.8 Å². The van der Waals surface area contributed by atoms with E-state index in [1.54, 1.807) is 13.8 Å². The molecule has 0 saturated heterocycles. The number of amides is 1. The molecule has 0 N–H and O–H groups in total. The molecule has 4 rings (SSSR count). The molecule has 2 aromatic carbocycles. The van der Waals surface area contributed by atoms with Crippen LogP contribution in [0.3, 0.4) is 0 Å². The number of ether oxygens (including phenoxy) is 2. The highest BCUT2D eigenvalue weighted by atomic mass is 19.4. The number of Topliss-reactive ketones (excluding diaryl/α,β-unsaturated/α-hetero) is 1. The minimum absolute atomic E-state index is 0.00926. The number of fused-ring (bicyclic) bond motifs is 1. The van der Waals surface area contributed by atoms with Crippen molar-refractivity contribution in [2.24, 2.45) is 0 Å². The summed E-state index contributed by atoms with van der Waals surface area (Å²) in [5.74, 6) is -0.189. The first-order valence-corrected chi connectivity index (χ1v) is 15.5. The van der Waals surface area contributed by atoms with Crippen molar-refractivity contribution in [3.63, 3.8) is 0 Å². The molecule has 2 atom stereocenters. The zero-order valence-electron chi connectivity index (χ0n) is 27.0. The maximum Gasteiger partial charge on any atom is 0.416 e. The predicted octanol–water partition coefficient (Wildman–Crippen LogP) is 9.17. The lowest BCUT2D eigenvalue weighted by Gasteiger charge is -2.44. The van der Waals surface area contributed by atoms with Crippen molar-refractivity contribution in [1.29, 1.82) is 0 Å². The van der Waals surface area contributed by atoms with Crippen LogP contribution in [0.5, 0.6) is 5.75 Å². The Morgan fingerprint density at radius 2 is 1.48 bits per heavy atom. The number of hydrogen-bond acceptors (Lipinski definition) is 7. The molecule has 0 spiro atoms. The van der Waals surface area contributed by atoms with Crippen LogP contribution in [0.2, 0.25) is 0 Å². The molecule has 272 valence electrons. The lowest BCUT2D eigenvalue weighted by Crippen LogP contribution is -2.48. The molecule has 0 saturated carbocycles. The van der Waals surface area contributed by atoms with E-state index in [9.17, 15) is 49.1 Å². The van der Waals surface area contributed by atoms with Gasteiger partial charge in [0.25, 0.3) is 0 Å². The van der Waals surface area contributed by atoms with E-state index in [0.717, 1.165) is 18.2 Å². The summed E-state index contributed by atoms with van der Waals surface area (Å²) in [4.78, 5) is 35.2. The van der Waals surface area contributed by atoms with Crippen molar-refractivity contribution < 1.29 is 58.6 Å². The van der Waals surface area contributed by atoms with Crippen molar-refractivity contribution in [3.8, 4) is 5.75 Å². The average Bonchev–Trinajstić information content (AvgIpc) is 3.03. The van der Waals surface area contributed by atoms with Crippen molar-refractivity contribution in [3.05, 3.63) is 76.6 Å². The van der Waals surface area contributed by atoms with Gasteiger partial charge in [-0.3, -0.25) is 4.90 Å². The van der Waals surface area contributed by atoms with Gasteiger partial charge in [0.2, 0.25) is 5.95 Å². The number of halogens is 9. The largest absolute Gasteiger partial charge is 0.490 e. The Morgan fingerprint density at radius 3 is 2.00 bits per heavy atom. The SMILES string of the molecule is CCOC(=O)N1c2ccc(C(F)(F)F)cc2[C@@H](N(Cc2cc(C(F)(F)F)cc(C(F)(F)F)c2)c2ncc(OCCCC(C)=O)cn2)C[C@H]1CC. The number of carbonyl (C=O) groups excluding carboxylic acids is 2. The molecule has 1 aromatic heterocycles. The minimum atomic E-state index is -5.16. The summed E-state index contributed by atoms with van der Waals surface area (Å²) in [6, 6.07) is 1.73. The van der Waals surface area contributed by atoms with Gasteiger partial charge < -0.3 is 19.2 Å². The third-order valence-corrected chi connectivity index (χ3v) is 7.96. The second-order valence-electron chi connectivity index (χ2n) is 11.6. The maximum absolute atomic E-state index is 14.0. The van der Waals surface area contributed by atoms with Crippen molar-refractivity contribution in [2.45, 2.75) is 83.6 Å². The summed E-state index contributed by atoms with van der Waals surface area (Å²) < 4.78 is 136. The predicted molar refractivity (Wildman–Crippen MR) is 162 cm³/mol. The van der Waals surface area contributed by atoms with E-state index in [0.29, 0.717) is 18.6 Å². The van der Waals surface area contributed by atoms with E-state index in [2.05, 4.69) is 9.97 Å². The highest BCUT2D eigenvalue weighted by Crippen LogP contribution is 2.46. The first kappa shape index (κ1) is 38.2. The Kier molecular flexibility index (Phi) is 11.6. The molecule has 0 aliphatic carbocycles. The monoisotopic (exact) mass is 720 g/mol. The topological polar surface area (TPSA) is 84.9 Å². The molecule has 0 fully saturated rings. The fraction of sp³-hybridized carbons (Fsp3) is 0.455. The number of aromatic nitrogens is 2. The highest BCUT2D eigenvalue weighted by molar-refractivity contribution is 5.90. The minimum Gasteiger partial charge on any atom is -0.490 e. The number of anilines is 2. The van der Waals surface area contributed by atoms with Crippen LogP contribution in [0.25, 0.3) is 0 Å². The lowest BCUT2D eigenvalue weighted by molar-refractivity contribution is -0.143. The Hall–Kier alpha value is -4.57. The smallest absolute Gasteiger partial charge is 0.416 e. The zero-order valence-corrected chi connectivity index (χ0v) is 27.0. The van der Waals surface area contributed by atoms with Crippen LogP contribution >= 0.6 is 0 Å². The second-order valence-corrected chi connectivity index (χ2v) is 11.6. The number of benzene rings is 2. The molecular weight excluding hydrogens is 687 g/mol. The molecule has 50 heavy (non-hydrogen) atoms. The van der Waals surface area contributed by atoms with Crippen LogP contribution in [-0.4, -0.2) is 41.1 Å². The Morgan fingerprint density at radius 1 is 0.880 bits per heavy atom. The number of ketones is 1. The first-order valence-electron chi connectivity index (χ1n) is 15.5. The Balaban J connectivity index is 1.90. The summed E-state index contributed by atoms with van der Waals surface area (Å²) in [5.41, 5.74) is -4.84. The molecule has 1 aliphatic heterocycles. The molecule has 1 amide bonds. The van der Waals surface area contributed by atoms with Crippen LogP contribution in [-0.2, 0) is 34.6 Å². The molecule has 17 heteroatoms. The van der Waals surface area contributed by atoms with Crippen molar-refractivity contribution in [1.82, 2.24) is 9.97 Å². The van der Waals surface area contributed by atoms with E-state index < -0.39 is 65.5 Å². The first-order chi connectivity index (χ1) is 23.3. The fourth-order valence-corrected chi connectivity index (χ4v) is 5.66. The standard InChI is InChI=1S/C33H33F9N4O4/c1-4-24-15-28(26-14-21(31(34,35)36)8-9-27(26)46(24)30(48)49-5-2)45(29-43-16-25(17-44-29)50-10-6-7-19(3)47)18-20-11-22(32(37,38)39)13-23(12-20)33(40,41)42/h8-9,11-14,16-17,24,28H,4-7,10,15,18H2,1-3H3/t24-,28+/m1/s1. The van der Waals surface area contributed by atoms with Gasteiger partial charge in [0.15, 0.2) is 5.75 Å². The summed E-state index contributed by atoms with van der Waals surface area (Å²) >= 11 is 0. The highest BCUT2D eigenvalue weighted by Gasteiger charge is 2.42. The Bertz CT molecular complexity index is 1630. The third-order valence-electron chi connectivity index (χ3n) is 7.96. The van der Waals surface area contributed by atoms with Gasteiger partial charge in [-0.25, -0.2) is 14.8 Å². The van der Waals surface area contributed by atoms with Crippen molar-refractivity contribution >= 4 is 23.5 Å². The van der Waals surface area contributed by atoms with Gasteiger partial charge in [0, 0.05) is 19.0 Å². The molecule has 8 nitrogen and oxygen atoms in total. The van der Waals surface area contributed by atoms with Crippen LogP contribution in [0.4, 0.5) is 55.9 Å². The van der Waals surface area contributed by atoms with Crippen LogP contribution < -0.4 is 14.5 Å². The number of hydrogen-bond donors (Lipinski definition) is 0. The van der Waals surface area contributed by atoms with Gasteiger partial charge >= 0.3 is 24.6 Å². The number of nitrogens with zero attached hydrogens (tertiary/aromatic N) is 4. The summed E-state index contributed by atoms with van der Waals surface area (Å²) in [6.45, 7) is 4.00. The molecule has 2 heterocycles. The van der Waals surface area contributed by atoms with Gasteiger partial charge in [-0.05, 0) is 80.6 Å². The van der Waals surface area contributed by atoms with Gasteiger partial charge in [-0.1, -0.05) is 6.92 Å². The fourth-order valence-electron chi connectivity index (χ4n) is 5.66. The van der Waals surface area contributed by atoms with E-state index in [-0.39, 0.29) is 67.3 Å². The summed E-state index contributed by atoms with van der Waals surface area (Å²) in [5, 5.41) is 0. The van der Waals surface area contributed by atoms with E-state index in [4.69, 9.17) is 9.47 Å². The zero-order chi connectivity index (χ0) is 37.0. The summed E-state index contributed by atoms with van der Waals surface area (Å²) in [7, 11) is 0. The van der Waals surface area contributed by atoms with Crippen molar-refractivity contribution in [2.75, 3.05) is 23.0 Å². The molecule has 0 bridgehead atoms. The van der Waals surface area contributed by atoms with Crippen LogP contribution in [0, 0.1) is 0 Å². The molecule has 3 aromatic rings. The third kappa shape index (κ3) is 9.15. The number of alkyl halides is 9. The van der Waals surface area contributed by atoms with E-state index >= 15 is 0 Å². The van der Waals surface area contributed by atoms with Gasteiger partial charge in [-0.15, -0.1) is 0 Å². The maximum atomic E-state index is 14.0. The van der Waals surface area contributed by atoms with E-state index in [1.807, 2.05) is 0 Å². The Labute approximate surface area is 281 Å². The quantitative estimate of drug-likeness (QED) is 0.144.